The summed E-state index contributed by atoms with van der Waals surface area (Å²) < 4.78 is 5.49. The van der Waals surface area contributed by atoms with Crippen molar-refractivity contribution in [2.24, 2.45) is 0 Å². The normalized spacial score (nSPS) is 12.5. The van der Waals surface area contributed by atoms with E-state index in [4.69, 9.17) is 4.74 Å². The monoisotopic (exact) mass is 1230 g/mol. The van der Waals surface area contributed by atoms with Crippen molar-refractivity contribution in [3.8, 4) is 0 Å². The summed E-state index contributed by atoms with van der Waals surface area (Å²) in [4.78, 5) is 24.6. The van der Waals surface area contributed by atoms with Crippen LogP contribution in [0.25, 0.3) is 0 Å². The summed E-state index contributed by atoms with van der Waals surface area (Å²) in [7, 11) is 0. The molecule has 0 aromatic rings. The molecule has 0 aromatic carbocycles. The van der Waals surface area contributed by atoms with Gasteiger partial charge in [0.05, 0.1) is 25.4 Å². The quantitative estimate of drug-likeness (QED) is 0.0320. The highest BCUT2D eigenvalue weighted by atomic mass is 16.5. The molecule has 2 unspecified atom stereocenters. The Hall–Kier alpha value is -1.40. The Bertz CT molecular complexity index is 1320. The number of esters is 1. The Morgan fingerprint density at radius 1 is 0.310 bits per heavy atom. The molecule has 0 saturated heterocycles. The predicted molar refractivity (Wildman–Crippen MR) is 384 cm³/mol. The zero-order valence-corrected chi connectivity index (χ0v) is 59.5. The SMILES string of the molecule is CCCCCCCCCCCCCCCCCCCCCCCCCCCC(O)C(CO)NC(=O)CCCCCCCCCCCCCCCCCCC/C=C\CCCCCCCCCCCCCCOC(=O)CCCCCCCCCCCCCC. The molecule has 87 heavy (non-hydrogen) atoms. The molecule has 0 aromatic heterocycles. The minimum Gasteiger partial charge on any atom is -0.466 e. The fourth-order valence-electron chi connectivity index (χ4n) is 13.2. The third-order valence-electron chi connectivity index (χ3n) is 19.3. The first-order chi connectivity index (χ1) is 43.0. The van der Waals surface area contributed by atoms with Gasteiger partial charge in [0, 0.05) is 12.8 Å². The van der Waals surface area contributed by atoms with Crippen molar-refractivity contribution in [3.63, 3.8) is 0 Å². The van der Waals surface area contributed by atoms with Crippen molar-refractivity contribution in [1.82, 2.24) is 5.32 Å². The number of amides is 1. The van der Waals surface area contributed by atoms with Crippen LogP contribution in [0.4, 0.5) is 0 Å². The number of nitrogens with one attached hydrogen (secondary N) is 1. The molecule has 0 rings (SSSR count). The number of carbonyl (C=O) groups is 2. The number of unbranched alkanes of at least 4 members (excludes halogenated alkanes) is 64. The maximum absolute atomic E-state index is 12.6. The molecular formula is C81H159NO5. The fraction of sp³-hybridized carbons (Fsp3) is 0.951. The van der Waals surface area contributed by atoms with E-state index in [0.717, 1.165) is 38.5 Å². The third kappa shape index (κ3) is 73.5. The summed E-state index contributed by atoms with van der Waals surface area (Å²) in [6.07, 6.45) is 97.4. The van der Waals surface area contributed by atoms with Crippen LogP contribution in [0.2, 0.25) is 0 Å². The molecule has 0 bridgehead atoms. The van der Waals surface area contributed by atoms with E-state index in [1.54, 1.807) is 0 Å². The number of aliphatic hydroxyl groups is 2. The lowest BCUT2D eigenvalue weighted by molar-refractivity contribution is -0.143. The second kappa shape index (κ2) is 77.1. The van der Waals surface area contributed by atoms with Crippen LogP contribution in [0.1, 0.15) is 470 Å². The van der Waals surface area contributed by atoms with Gasteiger partial charge in [-0.15, -0.1) is 0 Å². The van der Waals surface area contributed by atoms with Gasteiger partial charge in [-0.05, 0) is 51.4 Å². The molecule has 0 radical (unpaired) electrons. The van der Waals surface area contributed by atoms with Crippen LogP contribution in [0.15, 0.2) is 12.2 Å². The largest absolute Gasteiger partial charge is 0.466 e. The third-order valence-corrected chi connectivity index (χ3v) is 19.3. The predicted octanol–water partition coefficient (Wildman–Crippen LogP) is 26.7. The van der Waals surface area contributed by atoms with Gasteiger partial charge in [-0.2, -0.15) is 0 Å². The van der Waals surface area contributed by atoms with Crippen LogP contribution >= 0.6 is 0 Å². The summed E-state index contributed by atoms with van der Waals surface area (Å²) in [5, 5.41) is 23.5. The van der Waals surface area contributed by atoms with Crippen LogP contribution in [0, 0.1) is 0 Å². The topological polar surface area (TPSA) is 95.9 Å². The van der Waals surface area contributed by atoms with Gasteiger partial charge in [0.1, 0.15) is 0 Å². The molecule has 0 spiro atoms. The van der Waals surface area contributed by atoms with Gasteiger partial charge in [0.25, 0.3) is 0 Å². The summed E-state index contributed by atoms with van der Waals surface area (Å²) in [6, 6.07) is -0.540. The van der Waals surface area contributed by atoms with Crippen molar-refractivity contribution in [3.05, 3.63) is 12.2 Å². The summed E-state index contributed by atoms with van der Waals surface area (Å²) >= 11 is 0. The highest BCUT2D eigenvalue weighted by Crippen LogP contribution is 2.20. The Morgan fingerprint density at radius 3 is 0.816 bits per heavy atom. The zero-order chi connectivity index (χ0) is 62.8. The lowest BCUT2D eigenvalue weighted by atomic mass is 10.0. The maximum atomic E-state index is 12.6. The zero-order valence-electron chi connectivity index (χ0n) is 59.5. The molecule has 0 fully saturated rings. The first kappa shape index (κ1) is 85.6. The first-order valence-corrected chi connectivity index (χ1v) is 40.4. The number of hydrogen-bond donors (Lipinski definition) is 3. The van der Waals surface area contributed by atoms with Gasteiger partial charge in [0.2, 0.25) is 5.91 Å². The van der Waals surface area contributed by atoms with E-state index < -0.39 is 12.1 Å². The van der Waals surface area contributed by atoms with E-state index >= 15 is 0 Å². The Labute approximate surface area is 546 Å². The smallest absolute Gasteiger partial charge is 0.305 e. The maximum Gasteiger partial charge on any atom is 0.305 e. The van der Waals surface area contributed by atoms with Gasteiger partial charge in [0.15, 0.2) is 0 Å². The number of ether oxygens (including phenoxy) is 1. The van der Waals surface area contributed by atoms with Crippen molar-refractivity contribution >= 4 is 11.9 Å². The van der Waals surface area contributed by atoms with Gasteiger partial charge in [-0.1, -0.05) is 418 Å². The minimum absolute atomic E-state index is 0.0206. The van der Waals surface area contributed by atoms with Crippen molar-refractivity contribution in [1.29, 1.82) is 0 Å². The van der Waals surface area contributed by atoms with Crippen molar-refractivity contribution in [2.45, 2.75) is 482 Å². The van der Waals surface area contributed by atoms with Crippen LogP contribution < -0.4 is 5.32 Å². The first-order valence-electron chi connectivity index (χ1n) is 40.4. The van der Waals surface area contributed by atoms with E-state index in [0.29, 0.717) is 25.9 Å². The lowest BCUT2D eigenvalue weighted by Crippen LogP contribution is -2.45. The second-order valence-corrected chi connectivity index (χ2v) is 28.1. The summed E-state index contributed by atoms with van der Waals surface area (Å²) in [6.45, 7) is 5.01. The van der Waals surface area contributed by atoms with Crippen LogP contribution in [0.5, 0.6) is 0 Å². The standard InChI is InChI=1S/C81H159NO5/c1-3-5-7-9-11-13-15-17-18-19-20-21-22-32-35-38-41-44-47-50-53-57-61-65-69-73-79(84)78(77-83)82-80(85)74-70-66-62-58-54-51-48-45-42-39-36-33-30-28-26-24-23-25-27-29-31-34-37-40-43-46-49-52-56-60-64-68-72-76-87-81(86)75-71-67-63-59-55-16-14-12-10-8-6-4-2/h27,29,78-79,83-84H,3-26,28,30-77H2,1-2H3,(H,82,85)/b29-27-. The number of hydrogen-bond acceptors (Lipinski definition) is 5. The summed E-state index contributed by atoms with van der Waals surface area (Å²) in [5.74, 6) is -0.00479. The van der Waals surface area contributed by atoms with E-state index in [2.05, 4.69) is 31.3 Å². The van der Waals surface area contributed by atoms with E-state index in [-0.39, 0.29) is 18.5 Å². The average molecular weight is 1230 g/mol. The molecule has 518 valence electrons. The number of aliphatic hydroxyl groups excluding tert-OH is 2. The second-order valence-electron chi connectivity index (χ2n) is 28.1. The van der Waals surface area contributed by atoms with E-state index in [1.807, 2.05) is 0 Å². The molecule has 6 heteroatoms. The van der Waals surface area contributed by atoms with Crippen LogP contribution in [-0.2, 0) is 14.3 Å². The van der Waals surface area contributed by atoms with Crippen molar-refractivity contribution in [2.75, 3.05) is 13.2 Å². The Kier molecular flexibility index (Phi) is 75.8. The number of rotatable bonds is 77. The number of carbonyl (C=O) groups excluding carboxylic acids is 2. The Morgan fingerprint density at radius 2 is 0.540 bits per heavy atom. The van der Waals surface area contributed by atoms with Gasteiger partial charge in [-0.25, -0.2) is 0 Å². The molecule has 0 saturated carbocycles. The van der Waals surface area contributed by atoms with Gasteiger partial charge < -0.3 is 20.3 Å². The van der Waals surface area contributed by atoms with Crippen LogP contribution in [-0.4, -0.2) is 47.4 Å². The van der Waals surface area contributed by atoms with E-state index in [9.17, 15) is 19.8 Å². The molecule has 3 N–H and O–H groups in total. The molecular weight excluding hydrogens is 1070 g/mol. The Balaban J connectivity index is 3.35. The summed E-state index contributed by atoms with van der Waals surface area (Å²) in [5.41, 5.74) is 0. The highest BCUT2D eigenvalue weighted by Gasteiger charge is 2.20. The van der Waals surface area contributed by atoms with E-state index in [1.165, 1.54) is 398 Å². The van der Waals surface area contributed by atoms with Gasteiger partial charge in [-0.3, -0.25) is 9.59 Å². The molecule has 6 nitrogen and oxygen atoms in total. The molecule has 2 atom stereocenters. The fourth-order valence-corrected chi connectivity index (χ4v) is 13.2. The molecule has 1 amide bonds. The molecule has 0 heterocycles. The van der Waals surface area contributed by atoms with Gasteiger partial charge >= 0.3 is 5.97 Å². The molecule has 0 aliphatic heterocycles. The van der Waals surface area contributed by atoms with Crippen LogP contribution in [0.3, 0.4) is 0 Å². The molecule has 0 aliphatic carbocycles. The highest BCUT2D eigenvalue weighted by molar-refractivity contribution is 5.76. The lowest BCUT2D eigenvalue weighted by Gasteiger charge is -2.22. The molecule has 0 aliphatic rings. The minimum atomic E-state index is -0.663. The average Bonchev–Trinajstić information content (AvgIpc) is 3.52. The van der Waals surface area contributed by atoms with Crippen molar-refractivity contribution < 1.29 is 24.5 Å². The number of allylic oxidation sites excluding steroid dienone is 2.